The van der Waals surface area contributed by atoms with Crippen molar-refractivity contribution < 1.29 is 22.3 Å². The van der Waals surface area contributed by atoms with Crippen molar-refractivity contribution in [1.29, 1.82) is 0 Å². The Balaban J connectivity index is 1.81. The zero-order valence-electron chi connectivity index (χ0n) is 17.4. The number of nitrogens with zero attached hydrogens (tertiary/aromatic N) is 1. The van der Waals surface area contributed by atoms with Crippen LogP contribution in [-0.2, 0) is 14.8 Å². The van der Waals surface area contributed by atoms with E-state index in [1.165, 1.54) is 35.7 Å². The van der Waals surface area contributed by atoms with Crippen LogP contribution in [0.3, 0.4) is 0 Å². The second-order valence-corrected chi connectivity index (χ2v) is 9.67. The van der Waals surface area contributed by atoms with Crippen LogP contribution in [-0.4, -0.2) is 38.8 Å². The number of halogens is 1. The lowest BCUT2D eigenvalue weighted by Crippen LogP contribution is -2.43. The van der Waals surface area contributed by atoms with Gasteiger partial charge in [-0.05, 0) is 60.7 Å². The molecule has 0 bridgehead atoms. The van der Waals surface area contributed by atoms with Crippen LogP contribution in [0.5, 0.6) is 5.75 Å². The van der Waals surface area contributed by atoms with E-state index >= 15 is 0 Å². The molecule has 0 spiro atoms. The number of ether oxygens (including phenoxy) is 1. The molecule has 1 heterocycles. The maximum Gasteiger partial charge on any atom is 0.246 e. The van der Waals surface area contributed by atoms with Gasteiger partial charge in [0.25, 0.3) is 0 Å². The normalized spacial score (nSPS) is 17.7. The van der Waals surface area contributed by atoms with Crippen LogP contribution in [0.25, 0.3) is 0 Å². The Kier molecular flexibility index (Phi) is 6.77. The maximum atomic E-state index is 13.4. The highest BCUT2D eigenvalue weighted by Crippen LogP contribution is 2.32. The summed E-state index contributed by atoms with van der Waals surface area (Å²) in [4.78, 5) is 12.8. The largest absolute Gasteiger partial charge is 0.495 e. The summed E-state index contributed by atoms with van der Waals surface area (Å²) in [5, 5.41) is 2.75. The standard InChI is InChI=1S/C22H27FN2O4S/c1-15(2)16-6-11-20(29-3)21(13-16)30(27,28)25-12-4-5-17(14-25)22(26)24-19-9-7-18(23)8-10-19/h6-11,13,15,17H,4-5,12,14H2,1-3H3,(H,24,26)/t17-/m0/s1. The van der Waals surface area contributed by atoms with Gasteiger partial charge in [-0.3, -0.25) is 4.79 Å². The minimum Gasteiger partial charge on any atom is -0.495 e. The second kappa shape index (κ2) is 9.14. The summed E-state index contributed by atoms with van der Waals surface area (Å²) in [6.07, 6.45) is 1.16. The molecule has 1 aliphatic rings. The van der Waals surface area contributed by atoms with Crippen molar-refractivity contribution in [1.82, 2.24) is 4.31 Å². The molecule has 2 aromatic rings. The van der Waals surface area contributed by atoms with E-state index in [0.29, 0.717) is 25.1 Å². The first kappa shape index (κ1) is 22.2. The van der Waals surface area contributed by atoms with Gasteiger partial charge in [0.1, 0.15) is 16.5 Å². The lowest BCUT2D eigenvalue weighted by Gasteiger charge is -2.31. The molecule has 0 radical (unpaired) electrons. The van der Waals surface area contributed by atoms with Crippen LogP contribution in [0.15, 0.2) is 47.4 Å². The van der Waals surface area contributed by atoms with Crippen molar-refractivity contribution in [3.8, 4) is 5.75 Å². The van der Waals surface area contributed by atoms with Gasteiger partial charge in [-0.1, -0.05) is 19.9 Å². The fraction of sp³-hybridized carbons (Fsp3) is 0.409. The van der Waals surface area contributed by atoms with Crippen LogP contribution >= 0.6 is 0 Å². The number of carbonyl (C=O) groups excluding carboxylic acids is 1. The molecule has 30 heavy (non-hydrogen) atoms. The third-order valence-electron chi connectivity index (χ3n) is 5.34. The van der Waals surface area contributed by atoms with Gasteiger partial charge >= 0.3 is 0 Å². The number of anilines is 1. The first-order valence-electron chi connectivity index (χ1n) is 9.97. The molecule has 0 saturated carbocycles. The summed E-state index contributed by atoms with van der Waals surface area (Å²) >= 11 is 0. The number of sulfonamides is 1. The number of rotatable bonds is 6. The monoisotopic (exact) mass is 434 g/mol. The van der Waals surface area contributed by atoms with E-state index in [-0.39, 0.29) is 34.8 Å². The Hall–Kier alpha value is -2.45. The van der Waals surface area contributed by atoms with Crippen molar-refractivity contribution in [2.75, 3.05) is 25.5 Å². The number of hydrogen-bond acceptors (Lipinski definition) is 4. The first-order valence-corrected chi connectivity index (χ1v) is 11.4. The Labute approximate surface area is 177 Å². The molecular weight excluding hydrogens is 407 g/mol. The summed E-state index contributed by atoms with van der Waals surface area (Å²) in [6.45, 7) is 4.42. The Bertz CT molecular complexity index is 1010. The number of piperidine rings is 1. The molecule has 2 aromatic carbocycles. The lowest BCUT2D eigenvalue weighted by atomic mass is 9.99. The van der Waals surface area contributed by atoms with Gasteiger partial charge in [-0.15, -0.1) is 0 Å². The highest BCUT2D eigenvalue weighted by molar-refractivity contribution is 7.89. The lowest BCUT2D eigenvalue weighted by molar-refractivity contribution is -0.120. The minimum atomic E-state index is -3.83. The summed E-state index contributed by atoms with van der Waals surface area (Å²) in [7, 11) is -2.38. The Morgan fingerprint density at radius 1 is 1.20 bits per heavy atom. The van der Waals surface area contributed by atoms with Crippen LogP contribution in [0, 0.1) is 11.7 Å². The molecule has 0 aliphatic carbocycles. The summed E-state index contributed by atoms with van der Waals surface area (Å²) in [6, 6.07) is 10.7. The van der Waals surface area contributed by atoms with Crippen LogP contribution in [0.1, 0.15) is 38.2 Å². The SMILES string of the molecule is COc1ccc(C(C)C)cc1S(=O)(=O)N1CCC[C@H](C(=O)Nc2ccc(F)cc2)C1. The second-order valence-electron chi connectivity index (χ2n) is 7.76. The van der Waals surface area contributed by atoms with Gasteiger partial charge in [0.05, 0.1) is 13.0 Å². The van der Waals surface area contributed by atoms with E-state index < -0.39 is 15.9 Å². The molecular formula is C22H27FN2O4S. The summed E-state index contributed by atoms with van der Waals surface area (Å²) in [5.41, 5.74) is 1.38. The van der Waals surface area contributed by atoms with Crippen LogP contribution < -0.4 is 10.1 Å². The maximum absolute atomic E-state index is 13.4. The van der Waals surface area contributed by atoms with E-state index in [1.54, 1.807) is 12.1 Å². The number of carbonyl (C=O) groups is 1. The summed E-state index contributed by atoms with van der Waals surface area (Å²) in [5.74, 6) is -0.694. The van der Waals surface area contributed by atoms with Gasteiger partial charge < -0.3 is 10.1 Å². The third-order valence-corrected chi connectivity index (χ3v) is 7.23. The van der Waals surface area contributed by atoms with Crippen LogP contribution in [0.2, 0.25) is 0 Å². The van der Waals surface area contributed by atoms with E-state index in [9.17, 15) is 17.6 Å². The van der Waals surface area contributed by atoms with E-state index in [4.69, 9.17) is 4.74 Å². The molecule has 3 rings (SSSR count). The van der Waals surface area contributed by atoms with Gasteiger partial charge in [-0.25, -0.2) is 12.8 Å². The molecule has 1 aliphatic heterocycles. The number of benzene rings is 2. The van der Waals surface area contributed by atoms with E-state index in [0.717, 1.165) is 5.56 Å². The summed E-state index contributed by atoms with van der Waals surface area (Å²) < 4.78 is 46.5. The van der Waals surface area contributed by atoms with Crippen molar-refractivity contribution in [3.63, 3.8) is 0 Å². The Morgan fingerprint density at radius 2 is 1.90 bits per heavy atom. The molecule has 1 atom stereocenters. The smallest absolute Gasteiger partial charge is 0.246 e. The fourth-order valence-electron chi connectivity index (χ4n) is 3.55. The predicted molar refractivity (Wildman–Crippen MR) is 114 cm³/mol. The molecule has 162 valence electrons. The number of methoxy groups -OCH3 is 1. The Morgan fingerprint density at radius 3 is 2.53 bits per heavy atom. The highest BCUT2D eigenvalue weighted by atomic mass is 32.2. The number of nitrogens with one attached hydrogen (secondary N) is 1. The first-order chi connectivity index (χ1) is 14.2. The number of hydrogen-bond donors (Lipinski definition) is 1. The fourth-order valence-corrected chi connectivity index (χ4v) is 5.26. The zero-order valence-corrected chi connectivity index (χ0v) is 18.2. The molecule has 8 heteroatoms. The molecule has 0 aromatic heterocycles. The molecule has 1 N–H and O–H groups in total. The molecule has 1 amide bonds. The van der Waals surface area contributed by atoms with E-state index in [1.807, 2.05) is 19.9 Å². The molecule has 6 nitrogen and oxygen atoms in total. The van der Waals surface area contributed by atoms with Gasteiger partial charge in [0, 0.05) is 18.8 Å². The quantitative estimate of drug-likeness (QED) is 0.746. The minimum absolute atomic E-state index is 0.0877. The van der Waals surface area contributed by atoms with E-state index in [2.05, 4.69) is 5.32 Å². The average molecular weight is 435 g/mol. The average Bonchev–Trinajstić information content (AvgIpc) is 2.74. The molecule has 0 unspecified atom stereocenters. The third kappa shape index (κ3) is 4.82. The van der Waals surface area contributed by atoms with Crippen molar-refractivity contribution in [2.24, 2.45) is 5.92 Å². The topological polar surface area (TPSA) is 75.7 Å². The molecule has 1 fully saturated rings. The van der Waals surface area contributed by atoms with Gasteiger partial charge in [-0.2, -0.15) is 4.31 Å². The van der Waals surface area contributed by atoms with Crippen LogP contribution in [0.4, 0.5) is 10.1 Å². The number of amides is 1. The zero-order chi connectivity index (χ0) is 21.9. The van der Waals surface area contributed by atoms with Crippen molar-refractivity contribution in [3.05, 3.63) is 53.8 Å². The van der Waals surface area contributed by atoms with Gasteiger partial charge in [0.2, 0.25) is 15.9 Å². The molecule has 1 saturated heterocycles. The van der Waals surface area contributed by atoms with Crippen molar-refractivity contribution >= 4 is 21.6 Å². The van der Waals surface area contributed by atoms with Crippen molar-refractivity contribution in [2.45, 2.75) is 37.5 Å². The predicted octanol–water partition coefficient (Wildman–Crippen LogP) is 4.00. The van der Waals surface area contributed by atoms with Gasteiger partial charge in [0.15, 0.2) is 0 Å². The highest BCUT2D eigenvalue weighted by Gasteiger charge is 2.35.